The molecule has 0 bridgehead atoms. The van der Waals surface area contributed by atoms with Gasteiger partial charge in [-0.3, -0.25) is 0 Å². The van der Waals surface area contributed by atoms with E-state index in [0.717, 1.165) is 17.7 Å². The van der Waals surface area contributed by atoms with Crippen LogP contribution in [0, 0.1) is 0 Å². The number of hydrogen-bond acceptors (Lipinski definition) is 6. The first-order valence-corrected chi connectivity index (χ1v) is 10.2. The Kier molecular flexibility index (Phi) is 6.00. The molecule has 29 heavy (non-hydrogen) atoms. The minimum Gasteiger partial charge on any atom is -0.485 e. The summed E-state index contributed by atoms with van der Waals surface area (Å²) in [4.78, 5) is 0.641. The molecule has 7 nitrogen and oxygen atoms in total. The summed E-state index contributed by atoms with van der Waals surface area (Å²) in [5.74, 6) is 1.78. The second kappa shape index (κ2) is 9.00. The Morgan fingerprint density at radius 3 is 2.97 bits per heavy atom. The number of unbranched alkanes of at least 4 members (excludes halogenated alkanes) is 2. The van der Waals surface area contributed by atoms with Crippen LogP contribution in [-0.4, -0.2) is 32.2 Å². The fraction of sp³-hybridized carbons (Fsp3) is 0.333. The summed E-state index contributed by atoms with van der Waals surface area (Å²) < 4.78 is 12.0. The average Bonchev–Trinajstić information content (AvgIpc) is 3.29. The van der Waals surface area contributed by atoms with E-state index in [0.29, 0.717) is 28.9 Å². The third kappa shape index (κ3) is 4.54. The van der Waals surface area contributed by atoms with Crippen molar-refractivity contribution in [3.05, 3.63) is 59.4 Å². The number of tetrazole rings is 1. The van der Waals surface area contributed by atoms with Crippen LogP contribution in [0.15, 0.2) is 42.5 Å². The molecular weight excluding hydrogens is 386 g/mol. The summed E-state index contributed by atoms with van der Waals surface area (Å²) in [5, 5.41) is 17.2. The number of aryl methyl sites for hydroxylation is 1. The van der Waals surface area contributed by atoms with Gasteiger partial charge < -0.3 is 14.8 Å². The minimum atomic E-state index is -0.407. The lowest BCUT2D eigenvalue weighted by atomic mass is 10.0. The van der Waals surface area contributed by atoms with Gasteiger partial charge in [0.25, 0.3) is 0 Å². The van der Waals surface area contributed by atoms with Gasteiger partial charge in [0, 0.05) is 5.56 Å². The van der Waals surface area contributed by atoms with Gasteiger partial charge in [-0.25, -0.2) is 5.10 Å². The third-order valence-corrected chi connectivity index (χ3v) is 5.14. The number of benzene rings is 2. The van der Waals surface area contributed by atoms with Gasteiger partial charge in [0.15, 0.2) is 23.4 Å². The maximum atomic E-state index is 6.11. The lowest BCUT2D eigenvalue weighted by Gasteiger charge is -2.26. The lowest BCUT2D eigenvalue weighted by Crippen LogP contribution is -2.24. The molecule has 1 aromatic heterocycles. The molecule has 0 fully saturated rings. The Hall–Kier alpha value is -3.00. The van der Waals surface area contributed by atoms with Crippen molar-refractivity contribution in [1.82, 2.24) is 20.6 Å². The molecule has 1 aliphatic rings. The standard InChI is InChI=1S/C21H23N5O2S/c1-2-3-4-7-14-8-5-9-15(12-14)21(29)22-16-10-6-11-17-19(16)28-18(13-27-17)20-23-25-26-24-20/h5-6,8-12,18H,2-4,7,13H2,1H3,(H,22,29)(H,23,24,25,26). The molecule has 8 heteroatoms. The Labute approximate surface area is 174 Å². The highest BCUT2D eigenvalue weighted by atomic mass is 32.1. The highest BCUT2D eigenvalue weighted by Gasteiger charge is 2.27. The van der Waals surface area contributed by atoms with E-state index in [-0.39, 0.29) is 0 Å². The molecule has 0 amide bonds. The fourth-order valence-corrected chi connectivity index (χ4v) is 3.51. The van der Waals surface area contributed by atoms with Crippen molar-refractivity contribution in [2.24, 2.45) is 0 Å². The molecule has 1 unspecified atom stereocenters. The fourth-order valence-electron chi connectivity index (χ4n) is 3.27. The number of fused-ring (bicyclic) bond motifs is 1. The summed E-state index contributed by atoms with van der Waals surface area (Å²) in [7, 11) is 0. The topological polar surface area (TPSA) is 85.0 Å². The Balaban J connectivity index is 1.50. The number of hydrogen-bond donors (Lipinski definition) is 2. The van der Waals surface area contributed by atoms with Crippen LogP contribution in [-0.2, 0) is 6.42 Å². The normalized spacial score (nSPS) is 15.1. The zero-order valence-corrected chi connectivity index (χ0v) is 17.0. The van der Waals surface area contributed by atoms with Crippen LogP contribution in [0.25, 0.3) is 0 Å². The molecule has 3 aromatic rings. The number of nitrogens with zero attached hydrogens (tertiary/aromatic N) is 3. The maximum absolute atomic E-state index is 6.11. The summed E-state index contributed by atoms with van der Waals surface area (Å²) in [6.45, 7) is 2.54. The van der Waals surface area contributed by atoms with Gasteiger partial charge in [0.2, 0.25) is 0 Å². The Morgan fingerprint density at radius 1 is 1.24 bits per heavy atom. The zero-order valence-electron chi connectivity index (χ0n) is 16.2. The first kappa shape index (κ1) is 19.3. The highest BCUT2D eigenvalue weighted by Crippen LogP contribution is 2.41. The van der Waals surface area contributed by atoms with E-state index >= 15 is 0 Å². The quantitative estimate of drug-likeness (QED) is 0.446. The largest absolute Gasteiger partial charge is 0.485 e. The summed E-state index contributed by atoms with van der Waals surface area (Å²) in [6.07, 6.45) is 4.30. The molecule has 0 saturated heterocycles. The molecule has 0 saturated carbocycles. The van der Waals surface area contributed by atoms with Crippen molar-refractivity contribution in [3.8, 4) is 11.5 Å². The predicted octanol–water partition coefficient (Wildman–Crippen LogP) is 4.23. The number of aromatic amines is 1. The summed E-state index contributed by atoms with van der Waals surface area (Å²) in [6, 6.07) is 14.1. The van der Waals surface area contributed by atoms with Crippen molar-refractivity contribution >= 4 is 22.9 Å². The van der Waals surface area contributed by atoms with Gasteiger partial charge in [0.05, 0.1) is 5.69 Å². The van der Waals surface area contributed by atoms with E-state index < -0.39 is 6.10 Å². The second-order valence-electron chi connectivity index (χ2n) is 6.95. The number of thiocarbonyl (C=S) groups is 1. The average molecular weight is 410 g/mol. The van der Waals surface area contributed by atoms with Crippen molar-refractivity contribution in [2.45, 2.75) is 38.7 Å². The molecule has 0 spiro atoms. The Morgan fingerprint density at radius 2 is 2.14 bits per heavy atom. The number of H-pyrrole nitrogens is 1. The number of anilines is 1. The monoisotopic (exact) mass is 409 g/mol. The van der Waals surface area contributed by atoms with E-state index in [1.807, 2.05) is 24.3 Å². The van der Waals surface area contributed by atoms with Crippen molar-refractivity contribution in [2.75, 3.05) is 11.9 Å². The number of para-hydroxylation sites is 1. The van der Waals surface area contributed by atoms with E-state index in [4.69, 9.17) is 21.7 Å². The first-order chi connectivity index (χ1) is 14.2. The maximum Gasteiger partial charge on any atom is 0.193 e. The molecule has 2 aromatic carbocycles. The van der Waals surface area contributed by atoms with Crippen molar-refractivity contribution in [1.29, 1.82) is 0 Å². The molecule has 1 aliphatic heterocycles. The van der Waals surface area contributed by atoms with E-state index in [1.54, 1.807) is 0 Å². The first-order valence-electron chi connectivity index (χ1n) is 9.81. The second-order valence-corrected chi connectivity index (χ2v) is 7.36. The van der Waals surface area contributed by atoms with Crippen LogP contribution in [0.3, 0.4) is 0 Å². The van der Waals surface area contributed by atoms with Crippen LogP contribution < -0.4 is 14.8 Å². The van der Waals surface area contributed by atoms with E-state index in [9.17, 15) is 0 Å². The molecule has 4 rings (SSSR count). The van der Waals surface area contributed by atoms with Crippen LogP contribution in [0.4, 0.5) is 5.69 Å². The van der Waals surface area contributed by atoms with Gasteiger partial charge in [-0.1, -0.05) is 56.2 Å². The zero-order chi connectivity index (χ0) is 20.1. The van der Waals surface area contributed by atoms with E-state index in [2.05, 4.69) is 51.1 Å². The third-order valence-electron chi connectivity index (χ3n) is 4.80. The summed E-state index contributed by atoms with van der Waals surface area (Å²) in [5.41, 5.74) is 3.04. The molecule has 0 aliphatic carbocycles. The molecule has 0 radical (unpaired) electrons. The number of rotatable bonds is 7. The summed E-state index contributed by atoms with van der Waals surface area (Å²) >= 11 is 5.67. The van der Waals surface area contributed by atoms with Gasteiger partial charge in [0.1, 0.15) is 11.6 Å². The number of ether oxygens (including phenoxy) is 2. The van der Waals surface area contributed by atoms with Crippen molar-refractivity contribution < 1.29 is 9.47 Å². The SMILES string of the molecule is CCCCCc1cccc(C(=S)Nc2cccc3c2OC(c2nnn[nH]2)CO3)c1. The van der Waals surface area contributed by atoms with Gasteiger partial charge in [-0.15, -0.1) is 5.10 Å². The van der Waals surface area contributed by atoms with Gasteiger partial charge in [-0.05, 0) is 47.0 Å². The minimum absolute atomic E-state index is 0.331. The molecule has 1 atom stereocenters. The molecule has 150 valence electrons. The smallest absolute Gasteiger partial charge is 0.193 e. The van der Waals surface area contributed by atoms with E-state index in [1.165, 1.54) is 24.8 Å². The molecular formula is C21H23N5O2S. The van der Waals surface area contributed by atoms with Crippen LogP contribution >= 0.6 is 12.2 Å². The lowest BCUT2D eigenvalue weighted by molar-refractivity contribution is 0.0861. The van der Waals surface area contributed by atoms with Crippen LogP contribution in [0.1, 0.15) is 49.2 Å². The molecule has 2 heterocycles. The highest BCUT2D eigenvalue weighted by molar-refractivity contribution is 7.81. The van der Waals surface area contributed by atoms with Gasteiger partial charge >= 0.3 is 0 Å². The Bertz CT molecular complexity index is 977. The van der Waals surface area contributed by atoms with Crippen LogP contribution in [0.5, 0.6) is 11.5 Å². The van der Waals surface area contributed by atoms with Crippen LogP contribution in [0.2, 0.25) is 0 Å². The number of nitrogens with one attached hydrogen (secondary N) is 2. The van der Waals surface area contributed by atoms with Gasteiger partial charge in [-0.2, -0.15) is 0 Å². The predicted molar refractivity (Wildman–Crippen MR) is 114 cm³/mol. The molecule has 2 N–H and O–H groups in total. The number of aromatic nitrogens is 4. The van der Waals surface area contributed by atoms with Crippen molar-refractivity contribution in [3.63, 3.8) is 0 Å².